The highest BCUT2D eigenvalue weighted by Crippen LogP contribution is 2.21. The third-order valence-electron chi connectivity index (χ3n) is 2.02. The van der Waals surface area contributed by atoms with Crippen LogP contribution >= 0.6 is 11.3 Å². The first-order valence-corrected chi connectivity index (χ1v) is 7.04. The predicted molar refractivity (Wildman–Crippen MR) is 66.4 cm³/mol. The number of benzene rings is 1. The number of hydrogen-bond acceptors (Lipinski definition) is 5. The van der Waals surface area contributed by atoms with Crippen LogP contribution in [0.3, 0.4) is 0 Å². The van der Waals surface area contributed by atoms with Gasteiger partial charge in [-0.3, -0.25) is 4.55 Å². The van der Waals surface area contributed by atoms with Crippen LogP contribution in [0.25, 0.3) is 0 Å². The Bertz CT molecular complexity index is 617. The van der Waals surface area contributed by atoms with E-state index in [0.717, 1.165) is 10.8 Å². The highest BCUT2D eigenvalue weighted by atomic mass is 32.2. The smallest absolute Gasteiger partial charge is 0.294 e. The van der Waals surface area contributed by atoms with Crippen molar-refractivity contribution in [2.75, 3.05) is 5.32 Å². The van der Waals surface area contributed by atoms with Crippen molar-refractivity contribution < 1.29 is 13.0 Å². The van der Waals surface area contributed by atoms with Gasteiger partial charge in [-0.2, -0.15) is 8.42 Å². The molecule has 0 aliphatic heterocycles. The van der Waals surface area contributed by atoms with Gasteiger partial charge in [-0.05, 0) is 31.2 Å². The number of rotatable bonds is 3. The number of nitrogens with zero attached hydrogens (tertiary/aromatic N) is 1. The van der Waals surface area contributed by atoms with Gasteiger partial charge in [0.25, 0.3) is 10.1 Å². The number of anilines is 2. The maximum Gasteiger partial charge on any atom is 0.294 e. The Hall–Kier alpha value is -1.44. The molecule has 0 aliphatic rings. The minimum absolute atomic E-state index is 0.127. The standard InChI is InChI=1S/C10H10N2O3S2/c1-7-6-16-10(11-7)12-8-2-4-9(5-3-8)17(13,14)15/h2-6H,1H3,(H,11,12)(H,13,14,15). The second-order valence-corrected chi connectivity index (χ2v) is 5.70. The number of hydrogen-bond donors (Lipinski definition) is 2. The molecule has 17 heavy (non-hydrogen) atoms. The van der Waals surface area contributed by atoms with Crippen molar-refractivity contribution in [3.63, 3.8) is 0 Å². The molecular weight excluding hydrogens is 260 g/mol. The van der Waals surface area contributed by atoms with E-state index in [-0.39, 0.29) is 4.90 Å². The summed E-state index contributed by atoms with van der Waals surface area (Å²) < 4.78 is 30.5. The zero-order valence-electron chi connectivity index (χ0n) is 8.91. The lowest BCUT2D eigenvalue weighted by Crippen LogP contribution is -1.98. The number of aromatic nitrogens is 1. The summed E-state index contributed by atoms with van der Waals surface area (Å²) in [6.45, 7) is 1.89. The third kappa shape index (κ3) is 3.02. The maximum atomic E-state index is 10.8. The van der Waals surface area contributed by atoms with E-state index in [0.29, 0.717) is 5.69 Å². The molecule has 0 bridgehead atoms. The first-order chi connectivity index (χ1) is 7.95. The lowest BCUT2D eigenvalue weighted by atomic mass is 10.3. The molecule has 0 spiro atoms. The van der Waals surface area contributed by atoms with Crippen LogP contribution in [0.1, 0.15) is 5.69 Å². The minimum atomic E-state index is -4.13. The Morgan fingerprint density at radius 3 is 2.41 bits per heavy atom. The zero-order valence-corrected chi connectivity index (χ0v) is 10.5. The predicted octanol–water partition coefficient (Wildman–Crippen LogP) is 2.44. The molecule has 1 aromatic carbocycles. The Morgan fingerprint density at radius 1 is 1.29 bits per heavy atom. The summed E-state index contributed by atoms with van der Waals surface area (Å²) in [7, 11) is -4.13. The van der Waals surface area contributed by atoms with Crippen LogP contribution in [0.15, 0.2) is 34.5 Å². The molecule has 2 N–H and O–H groups in total. The van der Waals surface area contributed by atoms with Gasteiger partial charge in [0.15, 0.2) is 5.13 Å². The highest BCUT2D eigenvalue weighted by molar-refractivity contribution is 7.85. The van der Waals surface area contributed by atoms with Crippen LogP contribution in [0.2, 0.25) is 0 Å². The van der Waals surface area contributed by atoms with E-state index < -0.39 is 10.1 Å². The van der Waals surface area contributed by atoms with Gasteiger partial charge in [0, 0.05) is 11.1 Å². The molecule has 0 fully saturated rings. The first kappa shape index (κ1) is 12.0. The molecule has 5 nitrogen and oxygen atoms in total. The lowest BCUT2D eigenvalue weighted by molar-refractivity contribution is 0.483. The van der Waals surface area contributed by atoms with E-state index >= 15 is 0 Å². The Kier molecular flexibility index (Phi) is 3.14. The molecule has 2 aromatic rings. The lowest BCUT2D eigenvalue weighted by Gasteiger charge is -2.03. The van der Waals surface area contributed by atoms with E-state index in [4.69, 9.17) is 4.55 Å². The van der Waals surface area contributed by atoms with Gasteiger partial charge in [0.05, 0.1) is 10.6 Å². The van der Waals surface area contributed by atoms with Gasteiger partial charge >= 0.3 is 0 Å². The van der Waals surface area contributed by atoms with Crippen LogP contribution < -0.4 is 5.32 Å². The fraction of sp³-hybridized carbons (Fsp3) is 0.100. The minimum Gasteiger partial charge on any atom is -0.332 e. The molecule has 0 saturated carbocycles. The van der Waals surface area contributed by atoms with Gasteiger partial charge in [-0.25, -0.2) is 4.98 Å². The van der Waals surface area contributed by atoms with Crippen LogP contribution in [0, 0.1) is 6.92 Å². The number of thiazole rings is 1. The highest BCUT2D eigenvalue weighted by Gasteiger charge is 2.08. The second kappa shape index (κ2) is 4.44. The van der Waals surface area contributed by atoms with Crippen molar-refractivity contribution in [3.05, 3.63) is 35.3 Å². The summed E-state index contributed by atoms with van der Waals surface area (Å²) in [5, 5.41) is 5.68. The molecule has 7 heteroatoms. The summed E-state index contributed by atoms with van der Waals surface area (Å²) in [6.07, 6.45) is 0. The topological polar surface area (TPSA) is 79.3 Å². The largest absolute Gasteiger partial charge is 0.332 e. The van der Waals surface area contributed by atoms with Gasteiger partial charge in [0.2, 0.25) is 0 Å². The van der Waals surface area contributed by atoms with E-state index in [2.05, 4.69) is 10.3 Å². The van der Waals surface area contributed by atoms with E-state index in [1.165, 1.54) is 23.5 Å². The van der Waals surface area contributed by atoms with Crippen molar-refractivity contribution in [1.82, 2.24) is 4.98 Å². The molecule has 0 atom stereocenters. The molecule has 0 saturated heterocycles. The zero-order chi connectivity index (χ0) is 12.5. The summed E-state index contributed by atoms with van der Waals surface area (Å²) in [4.78, 5) is 4.09. The average Bonchev–Trinajstić information content (AvgIpc) is 2.63. The molecule has 0 amide bonds. The SMILES string of the molecule is Cc1csc(Nc2ccc(S(=O)(=O)O)cc2)n1. The van der Waals surface area contributed by atoms with Gasteiger partial charge < -0.3 is 5.32 Å². The molecular formula is C10H10N2O3S2. The molecule has 0 aliphatic carbocycles. The van der Waals surface area contributed by atoms with E-state index in [9.17, 15) is 8.42 Å². The first-order valence-electron chi connectivity index (χ1n) is 4.72. The third-order valence-corrected chi connectivity index (χ3v) is 3.77. The van der Waals surface area contributed by atoms with Gasteiger partial charge in [-0.1, -0.05) is 0 Å². The maximum absolute atomic E-state index is 10.8. The van der Waals surface area contributed by atoms with Crippen molar-refractivity contribution in [2.24, 2.45) is 0 Å². The Balaban J connectivity index is 2.19. The molecule has 1 aromatic heterocycles. The molecule has 0 radical (unpaired) electrons. The van der Waals surface area contributed by atoms with Crippen molar-refractivity contribution >= 4 is 32.3 Å². The van der Waals surface area contributed by atoms with Crippen LogP contribution in [-0.4, -0.2) is 18.0 Å². The fourth-order valence-electron chi connectivity index (χ4n) is 1.25. The summed E-state index contributed by atoms with van der Waals surface area (Å²) >= 11 is 1.46. The molecule has 1 heterocycles. The quantitative estimate of drug-likeness (QED) is 0.837. The van der Waals surface area contributed by atoms with Gasteiger partial charge in [0.1, 0.15) is 0 Å². The second-order valence-electron chi connectivity index (χ2n) is 3.42. The Morgan fingerprint density at radius 2 is 1.94 bits per heavy atom. The summed E-state index contributed by atoms with van der Waals surface area (Å²) in [5.41, 5.74) is 1.64. The Labute approximate surface area is 103 Å². The molecule has 0 unspecified atom stereocenters. The van der Waals surface area contributed by atoms with E-state index in [1.54, 1.807) is 12.1 Å². The van der Waals surface area contributed by atoms with Crippen molar-refractivity contribution in [3.8, 4) is 0 Å². The molecule has 2 rings (SSSR count). The summed E-state index contributed by atoms with van der Waals surface area (Å²) in [5.74, 6) is 0. The van der Waals surface area contributed by atoms with Crippen molar-refractivity contribution in [2.45, 2.75) is 11.8 Å². The van der Waals surface area contributed by atoms with Crippen LogP contribution in [0.5, 0.6) is 0 Å². The van der Waals surface area contributed by atoms with Gasteiger partial charge in [-0.15, -0.1) is 11.3 Å². The monoisotopic (exact) mass is 270 g/mol. The number of nitrogens with one attached hydrogen (secondary N) is 1. The molecule has 90 valence electrons. The van der Waals surface area contributed by atoms with Crippen LogP contribution in [0.4, 0.5) is 10.8 Å². The summed E-state index contributed by atoms with van der Waals surface area (Å²) in [6, 6.07) is 5.80. The average molecular weight is 270 g/mol. The van der Waals surface area contributed by atoms with Crippen LogP contribution in [-0.2, 0) is 10.1 Å². The van der Waals surface area contributed by atoms with E-state index in [1.807, 2.05) is 12.3 Å². The fourth-order valence-corrected chi connectivity index (χ4v) is 2.43. The normalized spacial score (nSPS) is 11.4. The number of aryl methyl sites for hydroxylation is 1. The van der Waals surface area contributed by atoms with Crippen molar-refractivity contribution in [1.29, 1.82) is 0 Å².